The summed E-state index contributed by atoms with van der Waals surface area (Å²) >= 11 is 0. The van der Waals surface area contributed by atoms with Crippen molar-refractivity contribution in [2.24, 2.45) is 0 Å². The van der Waals surface area contributed by atoms with Crippen molar-refractivity contribution in [3.8, 4) is 5.75 Å². The van der Waals surface area contributed by atoms with Crippen molar-refractivity contribution in [3.05, 3.63) is 79.4 Å². The minimum atomic E-state index is 0.834. The lowest BCUT2D eigenvalue weighted by Gasteiger charge is -2.07. The molecule has 0 N–H and O–H groups in total. The predicted molar refractivity (Wildman–Crippen MR) is 81.9 cm³/mol. The molecule has 0 radical (unpaired) electrons. The number of hydrogen-bond acceptors (Lipinski definition) is 2. The lowest BCUT2D eigenvalue weighted by Crippen LogP contribution is -2.38. The molecular formula is C18H13N2O+. The summed E-state index contributed by atoms with van der Waals surface area (Å²) in [7, 11) is 0. The molecule has 4 aromatic rings. The minimum Gasteiger partial charge on any atom is -0.252 e. The molecule has 3 nitrogen and oxygen atoms in total. The highest BCUT2D eigenvalue weighted by atomic mass is 16.7. The Morgan fingerprint density at radius 1 is 0.762 bits per heavy atom. The molecule has 1 aromatic heterocycles. The average Bonchev–Trinajstić information content (AvgIpc) is 2.56. The van der Waals surface area contributed by atoms with Crippen LogP contribution in [0.25, 0.3) is 21.5 Å². The molecule has 1 heterocycles. The van der Waals surface area contributed by atoms with Crippen LogP contribution in [-0.4, -0.2) is 4.98 Å². The predicted octanol–water partition coefficient (Wildman–Crippen LogP) is 3.52. The summed E-state index contributed by atoms with van der Waals surface area (Å²) in [6, 6.07) is 18.7. The highest BCUT2D eigenvalue weighted by molar-refractivity contribution is 6.10. The lowest BCUT2D eigenvalue weighted by molar-refractivity contribution is -0.875. The Morgan fingerprint density at radius 3 is 2.24 bits per heavy atom. The van der Waals surface area contributed by atoms with Gasteiger partial charge in [0.1, 0.15) is 0 Å². The maximum absolute atomic E-state index is 5.98. The number of fused-ring (bicyclic) bond motifs is 3. The molecule has 0 atom stereocenters. The Labute approximate surface area is 122 Å². The summed E-state index contributed by atoms with van der Waals surface area (Å²) in [5.74, 6) is 0.834. The third-order valence-corrected chi connectivity index (χ3v) is 3.53. The van der Waals surface area contributed by atoms with Gasteiger partial charge in [0.15, 0.2) is 0 Å². The SMILES string of the molecule is c1ccc2c(c1)cc(O[n+]1ccncc1)c1ccccc12. The van der Waals surface area contributed by atoms with Crippen molar-refractivity contribution in [2.75, 3.05) is 0 Å². The molecular weight excluding hydrogens is 260 g/mol. The average molecular weight is 273 g/mol. The van der Waals surface area contributed by atoms with Crippen LogP contribution in [0, 0.1) is 0 Å². The summed E-state index contributed by atoms with van der Waals surface area (Å²) in [5, 5.41) is 4.70. The van der Waals surface area contributed by atoms with Crippen LogP contribution in [0.3, 0.4) is 0 Å². The zero-order chi connectivity index (χ0) is 14.1. The summed E-state index contributed by atoms with van der Waals surface area (Å²) in [4.78, 5) is 9.97. The van der Waals surface area contributed by atoms with E-state index in [1.54, 1.807) is 29.5 Å². The van der Waals surface area contributed by atoms with E-state index in [-0.39, 0.29) is 0 Å². The number of rotatable bonds is 2. The first kappa shape index (κ1) is 11.9. The van der Waals surface area contributed by atoms with Gasteiger partial charge >= 0.3 is 0 Å². The molecule has 3 aromatic carbocycles. The van der Waals surface area contributed by atoms with Gasteiger partial charge in [-0.1, -0.05) is 48.5 Å². The van der Waals surface area contributed by atoms with Crippen LogP contribution in [0.15, 0.2) is 79.4 Å². The van der Waals surface area contributed by atoms with E-state index in [1.807, 2.05) is 12.1 Å². The van der Waals surface area contributed by atoms with Gasteiger partial charge in [-0.15, -0.1) is 0 Å². The molecule has 0 spiro atoms. The van der Waals surface area contributed by atoms with Gasteiger partial charge in [-0.05, 0) is 22.2 Å². The second-order valence-electron chi connectivity index (χ2n) is 4.84. The second-order valence-corrected chi connectivity index (χ2v) is 4.84. The fraction of sp³-hybridized carbons (Fsp3) is 0. The first-order valence-electron chi connectivity index (χ1n) is 6.82. The Kier molecular flexibility index (Phi) is 2.75. The highest BCUT2D eigenvalue weighted by Gasteiger charge is 2.11. The van der Waals surface area contributed by atoms with Crippen molar-refractivity contribution in [1.29, 1.82) is 0 Å². The molecule has 0 amide bonds. The third-order valence-electron chi connectivity index (χ3n) is 3.53. The Hall–Kier alpha value is -2.94. The van der Waals surface area contributed by atoms with Gasteiger partial charge in [0.2, 0.25) is 18.1 Å². The van der Waals surface area contributed by atoms with Gasteiger partial charge in [0.05, 0.1) is 12.4 Å². The fourth-order valence-electron chi connectivity index (χ4n) is 2.58. The molecule has 3 heteroatoms. The zero-order valence-corrected chi connectivity index (χ0v) is 11.3. The van der Waals surface area contributed by atoms with Crippen LogP contribution < -0.4 is 9.57 Å². The first-order chi connectivity index (χ1) is 10.4. The molecule has 0 bridgehead atoms. The minimum absolute atomic E-state index is 0.834. The quantitative estimate of drug-likeness (QED) is 0.412. The van der Waals surface area contributed by atoms with Gasteiger partial charge < -0.3 is 0 Å². The second kappa shape index (κ2) is 4.87. The summed E-state index contributed by atoms with van der Waals surface area (Å²) < 4.78 is 1.66. The van der Waals surface area contributed by atoms with E-state index in [9.17, 15) is 0 Å². The van der Waals surface area contributed by atoms with Crippen molar-refractivity contribution in [1.82, 2.24) is 4.98 Å². The van der Waals surface area contributed by atoms with Crippen LogP contribution in [0.1, 0.15) is 0 Å². The molecule has 0 saturated carbocycles. The van der Waals surface area contributed by atoms with E-state index in [1.165, 1.54) is 16.2 Å². The van der Waals surface area contributed by atoms with E-state index in [4.69, 9.17) is 4.84 Å². The molecule has 21 heavy (non-hydrogen) atoms. The molecule has 0 aliphatic heterocycles. The molecule has 4 rings (SSSR count). The monoisotopic (exact) mass is 273 g/mol. The van der Waals surface area contributed by atoms with E-state index >= 15 is 0 Å². The fourth-order valence-corrected chi connectivity index (χ4v) is 2.58. The summed E-state index contributed by atoms with van der Waals surface area (Å²) in [6.45, 7) is 0. The normalized spacial score (nSPS) is 10.9. The smallest absolute Gasteiger partial charge is 0.241 e. The standard InChI is InChI=1S/C18H13N2O/c1-2-6-15-14(5-1)13-18(17-8-4-3-7-16(15)17)21-20-11-9-19-10-12-20/h1-13H/q+1. The van der Waals surface area contributed by atoms with Crippen LogP contribution in [0.2, 0.25) is 0 Å². The number of hydrogen-bond donors (Lipinski definition) is 0. The zero-order valence-electron chi connectivity index (χ0n) is 11.3. The van der Waals surface area contributed by atoms with Crippen molar-refractivity contribution >= 4 is 21.5 Å². The third kappa shape index (κ3) is 2.09. The lowest BCUT2D eigenvalue weighted by atomic mass is 10.0. The van der Waals surface area contributed by atoms with E-state index < -0.39 is 0 Å². The first-order valence-corrected chi connectivity index (χ1v) is 6.82. The van der Waals surface area contributed by atoms with Crippen molar-refractivity contribution in [2.45, 2.75) is 0 Å². The van der Waals surface area contributed by atoms with Gasteiger partial charge in [0, 0.05) is 10.1 Å². The van der Waals surface area contributed by atoms with Crippen molar-refractivity contribution < 1.29 is 9.57 Å². The van der Waals surface area contributed by atoms with E-state index in [0.717, 1.165) is 11.1 Å². The number of nitrogens with zero attached hydrogens (tertiary/aromatic N) is 2. The van der Waals surface area contributed by atoms with Gasteiger partial charge in [-0.3, -0.25) is 4.98 Å². The van der Waals surface area contributed by atoms with Crippen LogP contribution in [0.5, 0.6) is 5.75 Å². The molecule has 0 fully saturated rings. The van der Waals surface area contributed by atoms with Crippen LogP contribution >= 0.6 is 0 Å². The summed E-state index contributed by atoms with van der Waals surface area (Å²) in [6.07, 6.45) is 6.96. The highest BCUT2D eigenvalue weighted by Crippen LogP contribution is 2.32. The molecule has 100 valence electrons. The van der Waals surface area contributed by atoms with E-state index in [0.29, 0.717) is 0 Å². The maximum atomic E-state index is 5.98. The summed E-state index contributed by atoms with van der Waals surface area (Å²) in [5.41, 5.74) is 0. The molecule has 0 unspecified atom stereocenters. The topological polar surface area (TPSA) is 26.0 Å². The van der Waals surface area contributed by atoms with Crippen LogP contribution in [0.4, 0.5) is 0 Å². The molecule has 0 aliphatic carbocycles. The van der Waals surface area contributed by atoms with Gasteiger partial charge in [-0.25, -0.2) is 4.84 Å². The Balaban J connectivity index is 1.98. The number of benzene rings is 3. The largest absolute Gasteiger partial charge is 0.252 e. The Bertz CT molecular complexity index is 920. The maximum Gasteiger partial charge on any atom is 0.241 e. The van der Waals surface area contributed by atoms with Gasteiger partial charge in [0.25, 0.3) is 0 Å². The van der Waals surface area contributed by atoms with Crippen LogP contribution in [-0.2, 0) is 0 Å². The number of aromatic nitrogens is 2. The van der Waals surface area contributed by atoms with E-state index in [2.05, 4.69) is 47.4 Å². The Morgan fingerprint density at radius 2 is 1.43 bits per heavy atom. The molecule has 0 saturated heterocycles. The molecule has 0 aliphatic rings. The van der Waals surface area contributed by atoms with Gasteiger partial charge in [-0.2, -0.15) is 0 Å². The van der Waals surface area contributed by atoms with Crippen molar-refractivity contribution in [3.63, 3.8) is 0 Å².